The van der Waals surface area contributed by atoms with E-state index in [1.54, 1.807) is 18.3 Å². The quantitative estimate of drug-likeness (QED) is 0.640. The lowest BCUT2D eigenvalue weighted by atomic mass is 10.3. The van der Waals surface area contributed by atoms with Crippen molar-refractivity contribution < 1.29 is 8.42 Å². The molecule has 1 aromatic carbocycles. The Morgan fingerprint density at radius 3 is 2.38 bits per heavy atom. The van der Waals surface area contributed by atoms with Gasteiger partial charge in [-0.3, -0.25) is 4.72 Å². The molecule has 5 nitrogen and oxygen atoms in total. The number of aromatic nitrogens is 1. The van der Waals surface area contributed by atoms with Crippen LogP contribution in [-0.4, -0.2) is 19.9 Å². The number of aryl methyl sites for hydroxylation is 1. The summed E-state index contributed by atoms with van der Waals surface area (Å²) >= 11 is 1.29. The van der Waals surface area contributed by atoms with Gasteiger partial charge in [0.15, 0.2) is 0 Å². The molecule has 2 aromatic heterocycles. The van der Waals surface area contributed by atoms with Gasteiger partial charge in [0, 0.05) is 17.1 Å². The summed E-state index contributed by atoms with van der Waals surface area (Å²) < 4.78 is 27.9. The summed E-state index contributed by atoms with van der Waals surface area (Å²) in [4.78, 5) is 7.53. The maximum Gasteiger partial charge on any atom is 0.271 e. The van der Waals surface area contributed by atoms with Crippen LogP contribution in [0.2, 0.25) is 0 Å². The number of hydrogen-bond acceptors (Lipinski definition) is 5. The summed E-state index contributed by atoms with van der Waals surface area (Å²) in [5, 5.41) is 0. The minimum Gasteiger partial charge on any atom is -0.327 e. The van der Waals surface area contributed by atoms with Gasteiger partial charge in [-0.1, -0.05) is 25.1 Å². The van der Waals surface area contributed by atoms with Gasteiger partial charge >= 0.3 is 0 Å². The van der Waals surface area contributed by atoms with E-state index in [1.165, 1.54) is 11.3 Å². The first-order valence-corrected chi connectivity index (χ1v) is 10.7. The summed E-state index contributed by atoms with van der Waals surface area (Å²) in [6.07, 6.45) is 2.37. The van der Waals surface area contributed by atoms with Gasteiger partial charge in [-0.15, -0.1) is 11.3 Å². The van der Waals surface area contributed by atoms with Crippen molar-refractivity contribution in [3.05, 3.63) is 65.7 Å². The molecule has 0 saturated heterocycles. The van der Waals surface area contributed by atoms with Gasteiger partial charge < -0.3 is 4.90 Å². The van der Waals surface area contributed by atoms with Crippen LogP contribution in [0.5, 0.6) is 0 Å². The van der Waals surface area contributed by atoms with Crippen LogP contribution < -0.4 is 9.62 Å². The molecule has 0 aliphatic heterocycles. The first kappa shape index (κ1) is 18.4. The van der Waals surface area contributed by atoms with E-state index in [9.17, 15) is 8.42 Å². The van der Waals surface area contributed by atoms with E-state index in [0.29, 0.717) is 9.90 Å². The molecular formula is C19H21N3O2S2. The predicted octanol–water partition coefficient (Wildman–Crippen LogP) is 4.66. The van der Waals surface area contributed by atoms with Gasteiger partial charge in [0.2, 0.25) is 0 Å². The van der Waals surface area contributed by atoms with Crippen LogP contribution in [0.3, 0.4) is 0 Å². The summed E-state index contributed by atoms with van der Waals surface area (Å²) in [7, 11) is -3.58. The van der Waals surface area contributed by atoms with Crippen LogP contribution in [0.25, 0.3) is 0 Å². The lowest BCUT2D eigenvalue weighted by molar-refractivity contribution is 0.603. The fourth-order valence-electron chi connectivity index (χ4n) is 2.59. The highest BCUT2D eigenvalue weighted by atomic mass is 32.2. The van der Waals surface area contributed by atoms with E-state index in [0.717, 1.165) is 29.3 Å². The number of thiophene rings is 1. The van der Waals surface area contributed by atoms with Crippen LogP contribution in [0.4, 0.5) is 17.2 Å². The van der Waals surface area contributed by atoms with Crippen molar-refractivity contribution in [2.45, 2.75) is 24.5 Å². The molecule has 0 atom stereocenters. The lowest BCUT2D eigenvalue weighted by Crippen LogP contribution is -2.17. The second kappa shape index (κ2) is 7.88. The SMILES string of the molecule is CCc1ccc(S(=O)(=O)Nc2ccc(N(CC)c3ccccc3)nc2)s1. The van der Waals surface area contributed by atoms with E-state index >= 15 is 0 Å². The van der Waals surface area contributed by atoms with Gasteiger partial charge in [0.25, 0.3) is 10.0 Å². The number of rotatable bonds is 7. The number of para-hydroxylation sites is 1. The van der Waals surface area contributed by atoms with Gasteiger partial charge in [-0.25, -0.2) is 13.4 Å². The van der Waals surface area contributed by atoms with E-state index in [4.69, 9.17) is 0 Å². The molecule has 3 aromatic rings. The van der Waals surface area contributed by atoms with Crippen LogP contribution in [0, 0.1) is 0 Å². The van der Waals surface area contributed by atoms with Crippen LogP contribution in [0.15, 0.2) is 65.0 Å². The molecule has 2 heterocycles. The van der Waals surface area contributed by atoms with Crippen molar-refractivity contribution in [2.75, 3.05) is 16.2 Å². The van der Waals surface area contributed by atoms with Gasteiger partial charge in [0.1, 0.15) is 10.0 Å². The molecule has 0 aliphatic rings. The minimum atomic E-state index is -3.58. The summed E-state index contributed by atoms with van der Waals surface area (Å²) in [5.41, 5.74) is 1.49. The Balaban J connectivity index is 1.79. The molecule has 0 saturated carbocycles. The standard InChI is InChI=1S/C19H21N3O2S2/c1-3-17-11-13-19(25-17)26(23,24)21-15-10-12-18(20-14-15)22(4-2)16-8-6-5-7-9-16/h5-14,21H,3-4H2,1-2H3. The fourth-order valence-corrected chi connectivity index (χ4v) is 4.93. The highest BCUT2D eigenvalue weighted by molar-refractivity contribution is 7.94. The Bertz CT molecular complexity index is 952. The zero-order valence-electron chi connectivity index (χ0n) is 14.7. The summed E-state index contributed by atoms with van der Waals surface area (Å²) in [5.74, 6) is 0.769. The fraction of sp³-hybridized carbons (Fsp3) is 0.211. The smallest absolute Gasteiger partial charge is 0.271 e. The van der Waals surface area contributed by atoms with E-state index < -0.39 is 10.0 Å². The van der Waals surface area contributed by atoms with Crippen molar-refractivity contribution >= 4 is 38.6 Å². The Labute approximate surface area is 158 Å². The first-order chi connectivity index (χ1) is 12.5. The topological polar surface area (TPSA) is 62.3 Å². The Hall–Kier alpha value is -2.38. The molecule has 0 fully saturated rings. The van der Waals surface area contributed by atoms with E-state index in [1.807, 2.05) is 56.3 Å². The number of hydrogen-bond donors (Lipinski definition) is 1. The Morgan fingerprint density at radius 2 is 1.81 bits per heavy atom. The molecule has 0 radical (unpaired) electrons. The zero-order valence-corrected chi connectivity index (χ0v) is 16.3. The summed E-state index contributed by atoms with van der Waals surface area (Å²) in [6, 6.07) is 17.0. The van der Waals surface area contributed by atoms with Gasteiger partial charge in [0.05, 0.1) is 11.9 Å². The second-order valence-corrected chi connectivity index (χ2v) is 8.74. The van der Waals surface area contributed by atoms with Crippen molar-refractivity contribution in [3.63, 3.8) is 0 Å². The van der Waals surface area contributed by atoms with Gasteiger partial charge in [-0.2, -0.15) is 0 Å². The molecule has 0 aliphatic carbocycles. The third-order valence-corrected chi connectivity index (χ3v) is 7.01. The number of benzene rings is 1. The molecule has 3 rings (SSSR count). The molecular weight excluding hydrogens is 366 g/mol. The predicted molar refractivity (Wildman–Crippen MR) is 108 cm³/mol. The number of nitrogens with zero attached hydrogens (tertiary/aromatic N) is 2. The number of pyridine rings is 1. The Kier molecular flexibility index (Phi) is 5.58. The third kappa shape index (κ3) is 4.05. The maximum atomic E-state index is 12.5. The van der Waals surface area contributed by atoms with Crippen molar-refractivity contribution in [1.82, 2.24) is 4.98 Å². The monoisotopic (exact) mass is 387 g/mol. The van der Waals surface area contributed by atoms with Crippen LogP contribution in [0.1, 0.15) is 18.7 Å². The first-order valence-electron chi connectivity index (χ1n) is 8.43. The number of nitrogens with one attached hydrogen (secondary N) is 1. The van der Waals surface area contributed by atoms with Crippen LogP contribution in [-0.2, 0) is 16.4 Å². The molecule has 26 heavy (non-hydrogen) atoms. The molecule has 0 bridgehead atoms. The van der Waals surface area contributed by atoms with Crippen LogP contribution >= 0.6 is 11.3 Å². The molecule has 0 spiro atoms. The van der Waals surface area contributed by atoms with E-state index in [-0.39, 0.29) is 0 Å². The largest absolute Gasteiger partial charge is 0.327 e. The normalized spacial score (nSPS) is 11.3. The van der Waals surface area contributed by atoms with Crippen molar-refractivity contribution in [3.8, 4) is 0 Å². The molecule has 0 unspecified atom stereocenters. The van der Waals surface area contributed by atoms with Crippen molar-refractivity contribution in [2.24, 2.45) is 0 Å². The van der Waals surface area contributed by atoms with Gasteiger partial charge in [-0.05, 0) is 49.7 Å². The summed E-state index contributed by atoms with van der Waals surface area (Å²) in [6.45, 7) is 4.81. The molecule has 1 N–H and O–H groups in total. The zero-order chi connectivity index (χ0) is 18.6. The average molecular weight is 388 g/mol. The highest BCUT2D eigenvalue weighted by Gasteiger charge is 2.17. The van der Waals surface area contributed by atoms with E-state index in [2.05, 4.69) is 14.6 Å². The highest BCUT2D eigenvalue weighted by Crippen LogP contribution is 2.26. The third-order valence-electron chi connectivity index (χ3n) is 3.91. The minimum absolute atomic E-state index is 0.317. The molecule has 136 valence electrons. The number of anilines is 3. The second-order valence-electron chi connectivity index (χ2n) is 5.66. The maximum absolute atomic E-state index is 12.5. The molecule has 7 heteroatoms. The Morgan fingerprint density at radius 1 is 1.04 bits per heavy atom. The lowest BCUT2D eigenvalue weighted by Gasteiger charge is -2.22. The number of sulfonamides is 1. The average Bonchev–Trinajstić information content (AvgIpc) is 3.15. The van der Waals surface area contributed by atoms with Crippen molar-refractivity contribution in [1.29, 1.82) is 0 Å². The molecule has 0 amide bonds.